The Bertz CT molecular complexity index is 1800. The molecule has 0 fully saturated rings. The third-order valence-corrected chi connectivity index (χ3v) is 9.91. The smallest absolute Gasteiger partial charge is 0.397 e. The van der Waals surface area contributed by atoms with Crippen LogP contribution in [0.4, 0.5) is 24.8 Å². The zero-order valence-corrected chi connectivity index (χ0v) is 28.8. The summed E-state index contributed by atoms with van der Waals surface area (Å²) in [7, 11) is -4.15. The van der Waals surface area contributed by atoms with E-state index < -0.39 is 28.2 Å². The topological polar surface area (TPSA) is 115 Å². The Morgan fingerprint density at radius 2 is 1.77 bits per heavy atom. The van der Waals surface area contributed by atoms with E-state index in [4.69, 9.17) is 9.72 Å². The van der Waals surface area contributed by atoms with Gasteiger partial charge in [-0.15, -0.1) is 16.4 Å². The van der Waals surface area contributed by atoms with Crippen molar-refractivity contribution in [2.75, 3.05) is 29.3 Å². The maximum atomic E-state index is 13.6. The molecule has 0 amide bonds. The van der Waals surface area contributed by atoms with Crippen molar-refractivity contribution in [1.82, 2.24) is 24.7 Å². The van der Waals surface area contributed by atoms with Crippen molar-refractivity contribution in [2.45, 2.75) is 77.9 Å². The number of alkyl halides is 3. The Hall–Kier alpha value is -3.72. The third kappa shape index (κ3) is 8.42. The van der Waals surface area contributed by atoms with Crippen LogP contribution in [0.15, 0.2) is 53.1 Å². The number of rotatable bonds is 5. The Labute approximate surface area is 277 Å². The molecule has 10 nitrogen and oxygen atoms in total. The van der Waals surface area contributed by atoms with Gasteiger partial charge in [-0.3, -0.25) is 4.72 Å². The maximum Gasteiger partial charge on any atom is 0.397 e. The molecule has 47 heavy (non-hydrogen) atoms. The summed E-state index contributed by atoms with van der Waals surface area (Å²) in [5.41, 5.74) is -0.965. The molecule has 4 aromatic rings. The monoisotopic (exact) mass is 691 g/mol. The molecule has 5 rings (SSSR count). The summed E-state index contributed by atoms with van der Waals surface area (Å²) in [4.78, 5) is 17.0. The van der Waals surface area contributed by atoms with Gasteiger partial charge < -0.3 is 9.64 Å². The van der Waals surface area contributed by atoms with Gasteiger partial charge in [0, 0.05) is 35.8 Å². The molecule has 0 atom stereocenters. The van der Waals surface area contributed by atoms with E-state index >= 15 is 0 Å². The molecule has 0 saturated heterocycles. The number of sulfonamides is 1. The van der Waals surface area contributed by atoms with Crippen LogP contribution in [-0.2, 0) is 16.4 Å². The molecule has 0 unspecified atom stereocenters. The fourth-order valence-electron chi connectivity index (χ4n) is 5.07. The largest absolute Gasteiger partial charge is 0.476 e. The first-order valence-corrected chi connectivity index (χ1v) is 17.8. The Morgan fingerprint density at radius 3 is 2.51 bits per heavy atom. The predicted molar refractivity (Wildman–Crippen MR) is 177 cm³/mol. The molecule has 1 aliphatic rings. The number of pyridine rings is 1. The molecule has 1 aliphatic heterocycles. The molecule has 4 aromatic heterocycles. The number of halogens is 3. The minimum absolute atomic E-state index is 0.0117. The molecular weight excluding hydrogens is 652 g/mol. The summed E-state index contributed by atoms with van der Waals surface area (Å²) >= 11 is 1.58. The number of nitrogens with zero attached hydrogens (tertiary/aromatic N) is 6. The van der Waals surface area contributed by atoms with Crippen molar-refractivity contribution < 1.29 is 26.3 Å². The normalized spacial score (nSPS) is 16.2. The van der Waals surface area contributed by atoms with Gasteiger partial charge in [0.2, 0.25) is 5.88 Å². The second-order valence-corrected chi connectivity index (χ2v) is 16.2. The van der Waals surface area contributed by atoms with Gasteiger partial charge in [0.1, 0.15) is 18.1 Å². The van der Waals surface area contributed by atoms with E-state index in [2.05, 4.69) is 45.5 Å². The summed E-state index contributed by atoms with van der Waals surface area (Å²) < 4.78 is 76.7. The fourth-order valence-corrected chi connectivity index (χ4v) is 6.94. The summed E-state index contributed by atoms with van der Waals surface area (Å²) in [5.74, 6) is 0.835. The van der Waals surface area contributed by atoms with Gasteiger partial charge in [-0.2, -0.15) is 21.6 Å². The molecule has 0 radical (unpaired) electrons. The molecule has 15 heteroatoms. The first kappa shape index (κ1) is 34.6. The summed E-state index contributed by atoms with van der Waals surface area (Å²) in [6.45, 7) is 9.39. The molecule has 0 saturated carbocycles. The number of nitrogens with one attached hydrogen (secondary N) is 1. The lowest BCUT2D eigenvalue weighted by atomic mass is 9.94. The zero-order valence-electron chi connectivity index (χ0n) is 27.1. The van der Waals surface area contributed by atoms with E-state index in [1.54, 1.807) is 17.4 Å². The quantitative estimate of drug-likeness (QED) is 0.229. The highest BCUT2D eigenvalue weighted by atomic mass is 32.2. The minimum Gasteiger partial charge on any atom is -0.476 e. The third-order valence-electron chi connectivity index (χ3n) is 7.68. The van der Waals surface area contributed by atoms with Gasteiger partial charge in [0.05, 0.1) is 11.6 Å². The van der Waals surface area contributed by atoms with E-state index in [9.17, 15) is 21.6 Å². The van der Waals surface area contributed by atoms with Crippen molar-refractivity contribution in [1.29, 1.82) is 0 Å². The van der Waals surface area contributed by atoms with Crippen molar-refractivity contribution in [2.24, 2.45) is 10.8 Å². The Balaban J connectivity index is 1.52. The number of hydrogen-bond donors (Lipinski definition) is 1. The second-order valence-electron chi connectivity index (χ2n) is 13.5. The second kappa shape index (κ2) is 13.4. The van der Waals surface area contributed by atoms with Crippen LogP contribution >= 0.6 is 11.3 Å². The standard InChI is InChI=1S/C32H40F3N7O3S2/c1-30(2,3)20-41-16-9-7-6-8-11-23-22(15-18-46-23)28-29(42-17-14-26(39-42)45-21-31(4,5)32(33,34)35)36-19-24(37-28)40-47(43,44)27-13-10-12-25(41)38-27/h10,12-15,17-19H,6-9,11,16,20-21H2,1-5H3,(H,37,40). The minimum atomic E-state index is -4.45. The van der Waals surface area contributed by atoms with E-state index in [1.165, 1.54) is 29.2 Å². The molecule has 4 bridgehead atoms. The van der Waals surface area contributed by atoms with E-state index in [0.29, 0.717) is 18.1 Å². The van der Waals surface area contributed by atoms with Crippen LogP contribution in [0.2, 0.25) is 0 Å². The van der Waals surface area contributed by atoms with Crippen LogP contribution in [0, 0.1) is 10.8 Å². The van der Waals surface area contributed by atoms with Crippen molar-refractivity contribution in [3.63, 3.8) is 0 Å². The van der Waals surface area contributed by atoms with Crippen LogP contribution in [0.3, 0.4) is 0 Å². The van der Waals surface area contributed by atoms with Crippen LogP contribution in [-0.4, -0.2) is 59.0 Å². The Morgan fingerprint density at radius 1 is 1.00 bits per heavy atom. The number of aryl methyl sites for hydroxylation is 1. The van der Waals surface area contributed by atoms with Crippen LogP contribution in [0.1, 0.15) is 65.2 Å². The number of ether oxygens (including phenoxy) is 1. The van der Waals surface area contributed by atoms with Crippen molar-refractivity contribution in [3.05, 3.63) is 53.0 Å². The summed E-state index contributed by atoms with van der Waals surface area (Å²) in [5, 5.41) is 6.13. The lowest BCUT2D eigenvalue weighted by Crippen LogP contribution is -2.37. The number of aromatic nitrogens is 5. The fraction of sp³-hybridized carbons (Fsp3) is 0.500. The lowest BCUT2D eigenvalue weighted by molar-refractivity contribution is -0.219. The van der Waals surface area contributed by atoms with Gasteiger partial charge >= 0.3 is 6.18 Å². The number of anilines is 2. The molecule has 254 valence electrons. The summed E-state index contributed by atoms with van der Waals surface area (Å²) in [6.07, 6.45) is 3.04. The SMILES string of the molecule is CC(C)(C)CN1CCCCCCc2sccc2-c2nc(cnc2-n2ccc(OCC(C)(C)C(F)(F)F)n2)NS(=O)(=O)c2cccc1n2. The highest BCUT2D eigenvalue weighted by molar-refractivity contribution is 7.92. The van der Waals surface area contributed by atoms with E-state index in [0.717, 1.165) is 62.9 Å². The van der Waals surface area contributed by atoms with Crippen molar-refractivity contribution in [3.8, 4) is 23.0 Å². The van der Waals surface area contributed by atoms with Crippen molar-refractivity contribution >= 4 is 33.0 Å². The lowest BCUT2D eigenvalue weighted by Gasteiger charge is -2.31. The first-order valence-electron chi connectivity index (χ1n) is 15.5. The van der Waals surface area contributed by atoms with E-state index in [1.807, 2.05) is 17.5 Å². The average molecular weight is 692 g/mol. The highest BCUT2D eigenvalue weighted by Gasteiger charge is 2.48. The maximum absolute atomic E-state index is 13.6. The summed E-state index contributed by atoms with van der Waals surface area (Å²) in [6, 6.07) is 8.32. The molecule has 5 heterocycles. The molecule has 0 aromatic carbocycles. The molecule has 0 aliphatic carbocycles. The van der Waals surface area contributed by atoms with Crippen LogP contribution in [0.5, 0.6) is 5.88 Å². The molecule has 1 N–H and O–H groups in total. The van der Waals surface area contributed by atoms with Gasteiger partial charge in [-0.1, -0.05) is 39.7 Å². The first-order chi connectivity index (χ1) is 22.0. The van der Waals surface area contributed by atoms with Gasteiger partial charge in [0.25, 0.3) is 10.0 Å². The van der Waals surface area contributed by atoms with Gasteiger partial charge in [-0.25, -0.2) is 19.6 Å². The molecule has 0 spiro atoms. The van der Waals surface area contributed by atoms with Crippen LogP contribution in [0.25, 0.3) is 17.1 Å². The number of thiophene rings is 1. The zero-order chi connectivity index (χ0) is 34.0. The highest BCUT2D eigenvalue weighted by Crippen LogP contribution is 2.38. The Kier molecular flexibility index (Phi) is 9.88. The number of fused-ring (bicyclic) bond motifs is 6. The van der Waals surface area contributed by atoms with Crippen LogP contribution < -0.4 is 14.4 Å². The van der Waals surface area contributed by atoms with Gasteiger partial charge in [-0.05, 0) is 62.1 Å². The van der Waals surface area contributed by atoms with Gasteiger partial charge in [0.15, 0.2) is 16.7 Å². The predicted octanol–water partition coefficient (Wildman–Crippen LogP) is 7.52. The molecular formula is C32H40F3N7O3S2. The number of hydrogen-bond acceptors (Lipinski definition) is 9. The average Bonchev–Trinajstić information content (AvgIpc) is 3.65. The van der Waals surface area contributed by atoms with E-state index in [-0.39, 0.29) is 28.0 Å².